The second-order valence-electron chi connectivity index (χ2n) is 5.34. The predicted molar refractivity (Wildman–Crippen MR) is 92.0 cm³/mol. The van der Waals surface area contributed by atoms with Crippen molar-refractivity contribution < 1.29 is 26.4 Å². The molecule has 1 amide bonds. The van der Waals surface area contributed by atoms with E-state index >= 15 is 0 Å². The molecule has 2 rings (SSSR count). The molecule has 0 aliphatic carbocycles. The van der Waals surface area contributed by atoms with Crippen LogP contribution in [0.1, 0.15) is 17.4 Å². The largest absolute Gasteiger partial charge is 0.416 e. The zero-order valence-corrected chi connectivity index (χ0v) is 15.4. The maximum absolute atomic E-state index is 12.7. The minimum Gasteiger partial charge on any atom is -0.337 e. The molecule has 0 fully saturated rings. The summed E-state index contributed by atoms with van der Waals surface area (Å²) in [4.78, 5) is 14.1. The zero-order valence-electron chi connectivity index (χ0n) is 13.8. The first-order valence-electron chi connectivity index (χ1n) is 7.60. The summed E-state index contributed by atoms with van der Waals surface area (Å²) >= 11 is 1.47. The van der Waals surface area contributed by atoms with Gasteiger partial charge in [0.25, 0.3) is 0 Å². The Morgan fingerprint density at radius 1 is 1.23 bits per heavy atom. The Balaban J connectivity index is 2.06. The van der Waals surface area contributed by atoms with Crippen molar-refractivity contribution in [3.8, 4) is 0 Å². The fourth-order valence-corrected chi connectivity index (χ4v) is 3.90. The van der Waals surface area contributed by atoms with E-state index < -0.39 is 39.1 Å². The standard InChI is InChI=1S/C16H17F3N2O3S2/c1-2-21(11-13-6-4-8-25-13)15(22)10-20-26(23,24)14-7-3-5-12(9-14)16(17,18)19/h3-9,20H,2,10-11H2,1H3. The number of likely N-dealkylation sites (N-methyl/N-ethyl adjacent to an activating group) is 1. The van der Waals surface area contributed by atoms with Gasteiger partial charge in [-0.15, -0.1) is 11.3 Å². The normalized spacial score (nSPS) is 12.2. The maximum Gasteiger partial charge on any atom is 0.416 e. The van der Waals surface area contributed by atoms with Crippen molar-refractivity contribution in [1.82, 2.24) is 9.62 Å². The molecule has 0 aliphatic heterocycles. The highest BCUT2D eigenvalue weighted by Gasteiger charge is 2.31. The summed E-state index contributed by atoms with van der Waals surface area (Å²) in [6.07, 6.45) is -4.65. The molecule has 1 N–H and O–H groups in total. The van der Waals surface area contributed by atoms with Crippen LogP contribution < -0.4 is 4.72 Å². The molecule has 0 saturated carbocycles. The fourth-order valence-electron chi connectivity index (χ4n) is 2.16. The lowest BCUT2D eigenvalue weighted by Crippen LogP contribution is -2.39. The predicted octanol–water partition coefficient (Wildman–Crippen LogP) is 3.09. The number of rotatable bonds is 7. The summed E-state index contributed by atoms with van der Waals surface area (Å²) in [7, 11) is -4.24. The van der Waals surface area contributed by atoms with Crippen LogP contribution in [-0.4, -0.2) is 32.3 Å². The van der Waals surface area contributed by atoms with Crippen LogP contribution in [0.2, 0.25) is 0 Å². The van der Waals surface area contributed by atoms with E-state index in [1.807, 2.05) is 17.5 Å². The lowest BCUT2D eigenvalue weighted by atomic mass is 10.2. The highest BCUT2D eigenvalue weighted by Crippen LogP contribution is 2.30. The molecule has 2 aromatic rings. The van der Waals surface area contributed by atoms with Gasteiger partial charge in [0.1, 0.15) is 0 Å². The van der Waals surface area contributed by atoms with E-state index in [2.05, 4.69) is 4.72 Å². The molecule has 10 heteroatoms. The van der Waals surface area contributed by atoms with E-state index in [0.29, 0.717) is 19.2 Å². The van der Waals surface area contributed by atoms with Crippen LogP contribution >= 0.6 is 11.3 Å². The molecule has 0 unspecified atom stereocenters. The van der Waals surface area contributed by atoms with Gasteiger partial charge in [-0.3, -0.25) is 4.79 Å². The van der Waals surface area contributed by atoms with Crippen molar-refractivity contribution in [3.05, 3.63) is 52.2 Å². The quantitative estimate of drug-likeness (QED) is 0.769. The number of carbonyl (C=O) groups excluding carboxylic acids is 1. The molecule has 1 heterocycles. The van der Waals surface area contributed by atoms with Gasteiger partial charge >= 0.3 is 6.18 Å². The number of halogens is 3. The molecule has 142 valence electrons. The number of hydrogen-bond donors (Lipinski definition) is 1. The Morgan fingerprint density at radius 3 is 2.54 bits per heavy atom. The zero-order chi connectivity index (χ0) is 19.4. The molecule has 0 aliphatic rings. The van der Waals surface area contributed by atoms with Gasteiger partial charge in [-0.25, -0.2) is 13.1 Å². The molecule has 26 heavy (non-hydrogen) atoms. The first kappa shape index (κ1) is 20.4. The Labute approximate surface area is 153 Å². The second kappa shape index (κ2) is 8.19. The summed E-state index contributed by atoms with van der Waals surface area (Å²) in [6.45, 7) is 1.95. The van der Waals surface area contributed by atoms with Gasteiger partial charge in [-0.2, -0.15) is 13.2 Å². The average molecular weight is 406 g/mol. The minimum atomic E-state index is -4.65. The Bertz CT molecular complexity index is 850. The van der Waals surface area contributed by atoms with E-state index in [1.54, 1.807) is 6.92 Å². The minimum absolute atomic E-state index is 0.346. The summed E-state index contributed by atoms with van der Waals surface area (Å²) in [5.41, 5.74) is -1.07. The first-order valence-corrected chi connectivity index (χ1v) is 9.97. The van der Waals surface area contributed by atoms with Crippen LogP contribution in [0.15, 0.2) is 46.7 Å². The van der Waals surface area contributed by atoms with Gasteiger partial charge < -0.3 is 4.90 Å². The molecule has 5 nitrogen and oxygen atoms in total. The van der Waals surface area contributed by atoms with Crippen LogP contribution in [0.3, 0.4) is 0 Å². The Hall–Kier alpha value is -1.91. The topological polar surface area (TPSA) is 66.5 Å². The van der Waals surface area contributed by atoms with E-state index in [9.17, 15) is 26.4 Å². The average Bonchev–Trinajstić information content (AvgIpc) is 3.10. The molecular weight excluding hydrogens is 389 g/mol. The number of thiophene rings is 1. The lowest BCUT2D eigenvalue weighted by Gasteiger charge is -2.20. The van der Waals surface area contributed by atoms with Crippen molar-refractivity contribution in [1.29, 1.82) is 0 Å². The summed E-state index contributed by atoms with van der Waals surface area (Å²) in [6, 6.07) is 7.07. The SMILES string of the molecule is CCN(Cc1cccs1)C(=O)CNS(=O)(=O)c1cccc(C(F)(F)F)c1. The molecule has 0 bridgehead atoms. The van der Waals surface area contributed by atoms with Gasteiger partial charge in [0.15, 0.2) is 0 Å². The Morgan fingerprint density at radius 2 is 1.96 bits per heavy atom. The molecule has 0 saturated heterocycles. The third-order valence-corrected chi connectivity index (χ3v) is 5.81. The molecule has 0 radical (unpaired) electrons. The van der Waals surface area contributed by atoms with E-state index in [1.165, 1.54) is 16.2 Å². The molecule has 0 atom stereocenters. The number of alkyl halides is 3. The summed E-state index contributed by atoms with van der Waals surface area (Å²) in [5, 5.41) is 1.87. The maximum atomic E-state index is 12.7. The number of sulfonamides is 1. The molecule has 1 aromatic heterocycles. The first-order chi connectivity index (χ1) is 12.1. The highest BCUT2D eigenvalue weighted by atomic mass is 32.2. The summed E-state index contributed by atoms with van der Waals surface area (Å²) in [5.74, 6) is -0.462. The summed E-state index contributed by atoms with van der Waals surface area (Å²) < 4.78 is 64.6. The van der Waals surface area contributed by atoms with Crippen LogP contribution in [0.5, 0.6) is 0 Å². The van der Waals surface area contributed by atoms with Crippen molar-refractivity contribution in [3.63, 3.8) is 0 Å². The number of hydrogen-bond acceptors (Lipinski definition) is 4. The van der Waals surface area contributed by atoms with Crippen molar-refractivity contribution in [2.45, 2.75) is 24.5 Å². The van der Waals surface area contributed by atoms with Gasteiger partial charge in [-0.05, 0) is 36.6 Å². The van der Waals surface area contributed by atoms with Crippen LogP contribution in [0, 0.1) is 0 Å². The molecule has 1 aromatic carbocycles. The van der Waals surface area contributed by atoms with Gasteiger partial charge in [-0.1, -0.05) is 12.1 Å². The fraction of sp³-hybridized carbons (Fsp3) is 0.312. The van der Waals surface area contributed by atoms with Crippen LogP contribution in [0.4, 0.5) is 13.2 Å². The highest BCUT2D eigenvalue weighted by molar-refractivity contribution is 7.89. The van der Waals surface area contributed by atoms with Crippen molar-refractivity contribution >= 4 is 27.3 Å². The second-order valence-corrected chi connectivity index (χ2v) is 8.14. The van der Waals surface area contributed by atoms with Crippen LogP contribution in [-0.2, 0) is 27.5 Å². The third-order valence-electron chi connectivity index (χ3n) is 3.55. The third kappa shape index (κ3) is 5.29. The molecular formula is C16H17F3N2O3S2. The van der Waals surface area contributed by atoms with Crippen LogP contribution in [0.25, 0.3) is 0 Å². The monoisotopic (exact) mass is 406 g/mol. The smallest absolute Gasteiger partial charge is 0.337 e. The number of nitrogens with zero attached hydrogens (tertiary/aromatic N) is 1. The van der Waals surface area contributed by atoms with E-state index in [4.69, 9.17) is 0 Å². The number of benzene rings is 1. The lowest BCUT2D eigenvalue weighted by molar-refractivity contribution is -0.137. The molecule has 0 spiro atoms. The van der Waals surface area contributed by atoms with Gasteiger partial charge in [0, 0.05) is 11.4 Å². The Kier molecular flexibility index (Phi) is 6.43. The van der Waals surface area contributed by atoms with E-state index in [-0.39, 0.29) is 0 Å². The van der Waals surface area contributed by atoms with Gasteiger partial charge in [0.05, 0.1) is 23.5 Å². The number of carbonyl (C=O) groups is 1. The van der Waals surface area contributed by atoms with Gasteiger partial charge in [0.2, 0.25) is 15.9 Å². The van der Waals surface area contributed by atoms with Crippen molar-refractivity contribution in [2.75, 3.05) is 13.1 Å². The number of nitrogens with one attached hydrogen (secondary N) is 1. The van der Waals surface area contributed by atoms with E-state index in [0.717, 1.165) is 23.1 Å². The van der Waals surface area contributed by atoms with Crippen molar-refractivity contribution in [2.24, 2.45) is 0 Å². The number of amides is 1.